The van der Waals surface area contributed by atoms with Crippen molar-refractivity contribution in [2.75, 3.05) is 10.6 Å². The zero-order valence-corrected chi connectivity index (χ0v) is 16.9. The van der Waals surface area contributed by atoms with Crippen molar-refractivity contribution in [3.63, 3.8) is 0 Å². The van der Waals surface area contributed by atoms with E-state index in [9.17, 15) is 10.1 Å². The molecule has 9 heteroatoms. The highest BCUT2D eigenvalue weighted by Crippen LogP contribution is 2.35. The van der Waals surface area contributed by atoms with Gasteiger partial charge < -0.3 is 10.6 Å². The number of thiazole rings is 1. The van der Waals surface area contributed by atoms with Gasteiger partial charge in [-0.1, -0.05) is 23.5 Å². The van der Waals surface area contributed by atoms with Crippen molar-refractivity contribution >= 4 is 49.7 Å². The number of fused-ring (bicyclic) bond motifs is 1. The molecule has 0 unspecified atom stereocenters. The third kappa shape index (κ3) is 3.99. The lowest BCUT2D eigenvalue weighted by Crippen LogP contribution is -2.05. The normalized spacial score (nSPS) is 10.9. The first-order valence-corrected chi connectivity index (χ1v) is 9.69. The second-order valence-electron chi connectivity index (χ2n) is 6.79. The molecular formula is C20H18N6O2S. The Bertz CT molecular complexity index is 1220. The summed E-state index contributed by atoms with van der Waals surface area (Å²) < 4.78 is 0.998. The van der Waals surface area contributed by atoms with E-state index in [4.69, 9.17) is 0 Å². The van der Waals surface area contributed by atoms with Crippen molar-refractivity contribution in [1.29, 1.82) is 0 Å². The summed E-state index contributed by atoms with van der Waals surface area (Å²) in [6.45, 7) is 5.94. The predicted molar refractivity (Wildman–Crippen MR) is 116 cm³/mol. The van der Waals surface area contributed by atoms with Gasteiger partial charge in [-0.25, -0.2) is 15.0 Å². The van der Waals surface area contributed by atoms with E-state index in [1.807, 2.05) is 57.2 Å². The van der Waals surface area contributed by atoms with Gasteiger partial charge in [0.1, 0.15) is 6.33 Å². The van der Waals surface area contributed by atoms with Crippen LogP contribution in [0.5, 0.6) is 0 Å². The molecule has 0 saturated heterocycles. The summed E-state index contributed by atoms with van der Waals surface area (Å²) in [5, 5.41) is 18.4. The number of nitro groups is 1. The molecule has 2 heterocycles. The second-order valence-corrected chi connectivity index (χ2v) is 7.82. The van der Waals surface area contributed by atoms with Crippen LogP contribution in [0, 0.1) is 30.9 Å². The van der Waals surface area contributed by atoms with E-state index < -0.39 is 4.92 Å². The lowest BCUT2D eigenvalue weighted by molar-refractivity contribution is -0.383. The molecule has 0 aliphatic carbocycles. The van der Waals surface area contributed by atoms with E-state index in [0.29, 0.717) is 5.13 Å². The third-order valence-electron chi connectivity index (χ3n) is 4.26. The molecule has 0 fully saturated rings. The molecular weight excluding hydrogens is 388 g/mol. The van der Waals surface area contributed by atoms with Crippen LogP contribution in [0.1, 0.15) is 16.7 Å². The SMILES string of the molecule is Cc1cc(C)cc(Nc2ncnc(Nc3nc4ccc(C)cc4s3)c2[N+](=O)[O-])c1. The monoisotopic (exact) mass is 406 g/mol. The fourth-order valence-electron chi connectivity index (χ4n) is 3.10. The fraction of sp³-hybridized carbons (Fsp3) is 0.150. The van der Waals surface area contributed by atoms with E-state index in [2.05, 4.69) is 25.6 Å². The third-order valence-corrected chi connectivity index (χ3v) is 5.19. The molecule has 0 bridgehead atoms. The molecule has 0 radical (unpaired) electrons. The minimum atomic E-state index is -0.495. The van der Waals surface area contributed by atoms with Gasteiger partial charge in [-0.2, -0.15) is 0 Å². The number of rotatable bonds is 5. The smallest absolute Gasteiger partial charge is 0.334 e. The molecule has 0 spiro atoms. The molecule has 2 aromatic carbocycles. The Kier molecular flexibility index (Phi) is 4.81. The van der Waals surface area contributed by atoms with Crippen LogP contribution in [0.25, 0.3) is 10.2 Å². The molecule has 4 rings (SSSR count). The molecule has 0 aliphatic heterocycles. The minimum absolute atomic E-state index is 0.0904. The predicted octanol–water partition coefficient (Wildman–Crippen LogP) is 5.41. The second kappa shape index (κ2) is 7.44. The summed E-state index contributed by atoms with van der Waals surface area (Å²) in [5.41, 5.74) is 4.54. The maximum Gasteiger partial charge on any atom is 0.353 e. The Morgan fingerprint density at radius 2 is 1.62 bits per heavy atom. The van der Waals surface area contributed by atoms with Crippen molar-refractivity contribution in [2.24, 2.45) is 0 Å². The van der Waals surface area contributed by atoms with Crippen LogP contribution in [0.3, 0.4) is 0 Å². The van der Waals surface area contributed by atoms with Crippen LogP contribution in [-0.2, 0) is 0 Å². The van der Waals surface area contributed by atoms with Crippen molar-refractivity contribution < 1.29 is 4.92 Å². The van der Waals surface area contributed by atoms with Crippen LogP contribution in [-0.4, -0.2) is 19.9 Å². The van der Waals surface area contributed by atoms with Gasteiger partial charge in [0.2, 0.25) is 11.6 Å². The zero-order valence-electron chi connectivity index (χ0n) is 16.1. The number of aryl methyl sites for hydroxylation is 3. The quantitative estimate of drug-likeness (QED) is 0.337. The number of hydrogen-bond acceptors (Lipinski definition) is 8. The number of anilines is 4. The summed E-state index contributed by atoms with van der Waals surface area (Å²) in [4.78, 5) is 24.0. The van der Waals surface area contributed by atoms with E-state index >= 15 is 0 Å². The lowest BCUT2D eigenvalue weighted by Gasteiger charge is -2.10. The summed E-state index contributed by atoms with van der Waals surface area (Å²) in [6.07, 6.45) is 1.29. The maximum atomic E-state index is 11.8. The van der Waals surface area contributed by atoms with E-state index in [1.165, 1.54) is 17.7 Å². The van der Waals surface area contributed by atoms with Gasteiger partial charge in [0.25, 0.3) is 0 Å². The molecule has 0 atom stereocenters. The summed E-state index contributed by atoms with van der Waals surface area (Å²) in [6, 6.07) is 11.8. The minimum Gasteiger partial charge on any atom is -0.334 e. The average Bonchev–Trinajstić information content (AvgIpc) is 3.02. The molecule has 0 aliphatic rings. The van der Waals surface area contributed by atoms with Crippen molar-refractivity contribution in [3.05, 3.63) is 69.5 Å². The van der Waals surface area contributed by atoms with Gasteiger partial charge in [0, 0.05) is 5.69 Å². The first-order chi connectivity index (χ1) is 13.9. The van der Waals surface area contributed by atoms with Gasteiger partial charge in [-0.15, -0.1) is 0 Å². The summed E-state index contributed by atoms with van der Waals surface area (Å²) in [7, 11) is 0. The number of nitrogens with zero attached hydrogens (tertiary/aromatic N) is 4. The first kappa shape index (κ1) is 18.8. The first-order valence-electron chi connectivity index (χ1n) is 8.88. The van der Waals surface area contributed by atoms with E-state index in [1.54, 1.807) is 0 Å². The molecule has 29 heavy (non-hydrogen) atoms. The van der Waals surface area contributed by atoms with Crippen molar-refractivity contribution in [3.8, 4) is 0 Å². The van der Waals surface area contributed by atoms with Gasteiger partial charge in [-0.3, -0.25) is 10.1 Å². The zero-order chi connectivity index (χ0) is 20.5. The Morgan fingerprint density at radius 3 is 2.31 bits per heavy atom. The Labute approximate surface area is 170 Å². The molecule has 2 N–H and O–H groups in total. The van der Waals surface area contributed by atoms with Crippen molar-refractivity contribution in [2.45, 2.75) is 20.8 Å². The summed E-state index contributed by atoms with van der Waals surface area (Å²) in [5.74, 6) is 0.210. The maximum absolute atomic E-state index is 11.8. The van der Waals surface area contributed by atoms with E-state index in [0.717, 1.165) is 32.6 Å². The Hall–Kier alpha value is -3.59. The summed E-state index contributed by atoms with van der Waals surface area (Å²) >= 11 is 1.41. The number of nitrogens with one attached hydrogen (secondary N) is 2. The van der Waals surface area contributed by atoms with Crippen LogP contribution < -0.4 is 10.6 Å². The Morgan fingerprint density at radius 1 is 0.931 bits per heavy atom. The highest BCUT2D eigenvalue weighted by Gasteiger charge is 2.24. The highest BCUT2D eigenvalue weighted by atomic mass is 32.1. The van der Waals surface area contributed by atoms with Crippen LogP contribution in [0.2, 0.25) is 0 Å². The van der Waals surface area contributed by atoms with Gasteiger partial charge in [0.15, 0.2) is 5.13 Å². The molecule has 4 aromatic rings. The van der Waals surface area contributed by atoms with Gasteiger partial charge >= 0.3 is 5.69 Å². The van der Waals surface area contributed by atoms with Crippen LogP contribution >= 0.6 is 11.3 Å². The van der Waals surface area contributed by atoms with Crippen molar-refractivity contribution in [1.82, 2.24) is 15.0 Å². The Balaban J connectivity index is 1.71. The molecule has 0 saturated carbocycles. The fourth-order valence-corrected chi connectivity index (χ4v) is 4.07. The highest BCUT2D eigenvalue weighted by molar-refractivity contribution is 7.22. The number of benzene rings is 2. The molecule has 2 aromatic heterocycles. The molecule has 146 valence electrons. The van der Waals surface area contributed by atoms with Gasteiger partial charge in [0.05, 0.1) is 15.1 Å². The average molecular weight is 406 g/mol. The lowest BCUT2D eigenvalue weighted by atomic mass is 10.1. The standard InChI is InChI=1S/C20H18N6O2S/c1-11-4-5-15-16(9-11)29-20(24-15)25-19-17(26(27)28)18(21-10-22-19)23-14-7-12(2)6-13(3)8-14/h4-10H,1-3H3,(H2,21,22,23,24,25). The molecule has 0 amide bonds. The van der Waals surface area contributed by atoms with E-state index in [-0.39, 0.29) is 17.3 Å². The number of aromatic nitrogens is 3. The number of hydrogen-bond donors (Lipinski definition) is 2. The van der Waals surface area contributed by atoms with Crippen LogP contribution in [0.4, 0.5) is 28.1 Å². The van der Waals surface area contributed by atoms with Crippen LogP contribution in [0.15, 0.2) is 42.7 Å². The topological polar surface area (TPSA) is 106 Å². The largest absolute Gasteiger partial charge is 0.353 e. The van der Waals surface area contributed by atoms with Gasteiger partial charge in [-0.05, 0) is 61.7 Å². The molecule has 8 nitrogen and oxygen atoms in total.